The number of hydrogen-bond acceptors (Lipinski definition) is 5. The van der Waals surface area contributed by atoms with E-state index >= 15 is 0 Å². The zero-order valence-electron chi connectivity index (χ0n) is 82.8. The maximum absolute atomic E-state index is 5.26. The lowest BCUT2D eigenvalue weighted by atomic mass is 9.96. The molecule has 6 aromatic heterocycles. The average molecular weight is 1900 g/mol. The zero-order valence-corrected chi connectivity index (χ0v) is 82.8. The second-order valence-corrected chi connectivity index (χ2v) is 39.3. The van der Waals surface area contributed by atoms with E-state index in [2.05, 4.69) is 469 Å². The first-order chi connectivity index (χ1) is 72.9. The van der Waals surface area contributed by atoms with E-state index in [0.29, 0.717) is 0 Å². The molecule has 0 unspecified atom stereocenters. The van der Waals surface area contributed by atoms with Crippen molar-refractivity contribution in [3.05, 3.63) is 507 Å². The van der Waals surface area contributed by atoms with Crippen LogP contribution < -0.4 is 0 Å². The fourth-order valence-corrected chi connectivity index (χ4v) is 22.4. The minimum absolute atomic E-state index is 0.719. The van der Waals surface area contributed by atoms with E-state index in [-0.39, 0.29) is 0 Å². The predicted molar refractivity (Wildman–Crippen MR) is 613 cm³/mol. The van der Waals surface area contributed by atoms with Gasteiger partial charge >= 0.3 is 0 Å². The molecule has 8 nitrogen and oxygen atoms in total. The van der Waals surface area contributed by atoms with E-state index in [1.807, 2.05) is 18.2 Å². The molecule has 0 spiro atoms. The van der Waals surface area contributed by atoms with Gasteiger partial charge in [0.05, 0.1) is 50.7 Å². The molecule has 0 fully saturated rings. The molecule has 23 aromatic rings. The second kappa shape index (κ2) is 42.7. The SMILES string of the molecule is c1ccc(-c2ccc(-c3cc(-c4ccc(-n5c6c(c7ccccc75)CCCCCC6)cc4)cc(-c4ccc(-c5ccccc5)cc4)n3)cc2)cc1.c1ccc(-c2ccc(-c3cc(-c4ccc(-n5c6c(c7ccccc75)CCCCCC6)cc4)nc(-c4ccc(-c5ccccc5)cc4)n3)cc2)cc1.c1ccc(-c2ccc(-c3cc(-c4ccc(-n5c6c(c7ccccc75)CCCCCC6)cc4)nc(-c4ccccc4)n3)cc2)cc1. The first kappa shape index (κ1) is 92.1. The fourth-order valence-electron chi connectivity index (χ4n) is 22.4. The molecule has 8 heteroatoms. The summed E-state index contributed by atoms with van der Waals surface area (Å²) in [5, 5.41) is 4.23. The number of pyridine rings is 1. The van der Waals surface area contributed by atoms with Crippen LogP contribution in [0.25, 0.3) is 207 Å². The second-order valence-electron chi connectivity index (χ2n) is 39.3. The highest BCUT2D eigenvalue weighted by molar-refractivity contribution is 5.92. The summed E-state index contributed by atoms with van der Waals surface area (Å²) in [5.74, 6) is 1.45. The van der Waals surface area contributed by atoms with Crippen molar-refractivity contribution >= 4 is 32.7 Å². The lowest BCUT2D eigenvalue weighted by Gasteiger charge is -2.16. The quantitative estimate of drug-likeness (QED) is 0.0908. The molecule has 0 amide bonds. The number of aryl methyl sites for hydroxylation is 3. The summed E-state index contributed by atoms with van der Waals surface area (Å²) in [6.45, 7) is 0. The van der Waals surface area contributed by atoms with Crippen molar-refractivity contribution in [2.75, 3.05) is 0 Å². The van der Waals surface area contributed by atoms with Crippen LogP contribution in [0.1, 0.15) is 111 Å². The van der Waals surface area contributed by atoms with E-state index in [4.69, 9.17) is 24.9 Å². The predicted octanol–water partition coefficient (Wildman–Crippen LogP) is 36.2. The van der Waals surface area contributed by atoms with Crippen LogP contribution in [0.2, 0.25) is 0 Å². The van der Waals surface area contributed by atoms with Gasteiger partial charge in [-0.25, -0.2) is 24.9 Å². The van der Waals surface area contributed by atoms with Gasteiger partial charge in [-0.2, -0.15) is 0 Å². The largest absolute Gasteiger partial charge is 0.313 e. The highest BCUT2D eigenvalue weighted by Crippen LogP contribution is 2.43. The van der Waals surface area contributed by atoms with Crippen molar-refractivity contribution in [3.63, 3.8) is 0 Å². The molecule has 3 aliphatic rings. The van der Waals surface area contributed by atoms with Crippen molar-refractivity contribution in [2.24, 2.45) is 0 Å². The lowest BCUT2D eigenvalue weighted by molar-refractivity contribution is 0.608. The Hall–Kier alpha value is -17.3. The van der Waals surface area contributed by atoms with Crippen LogP contribution in [0.3, 0.4) is 0 Å². The maximum Gasteiger partial charge on any atom is 0.160 e. The summed E-state index contributed by atoms with van der Waals surface area (Å²) >= 11 is 0. The maximum atomic E-state index is 5.26. The molecule has 710 valence electrons. The normalized spacial score (nSPS) is 13.1. The third-order valence-corrected chi connectivity index (χ3v) is 30.0. The number of fused-ring (bicyclic) bond motifs is 9. The first-order valence-electron chi connectivity index (χ1n) is 52.7. The third kappa shape index (κ3) is 19.8. The third-order valence-electron chi connectivity index (χ3n) is 30.0. The molecule has 0 saturated carbocycles. The van der Waals surface area contributed by atoms with Crippen molar-refractivity contribution in [2.45, 2.75) is 116 Å². The molecule has 0 atom stereocenters. The number of para-hydroxylation sites is 3. The van der Waals surface area contributed by atoms with Gasteiger partial charge in [-0.05, 0) is 239 Å². The number of aromatic nitrogens is 8. The summed E-state index contributed by atoms with van der Waals surface area (Å²) < 4.78 is 7.56. The van der Waals surface area contributed by atoms with E-state index in [1.165, 1.54) is 224 Å². The fraction of sp³-hybridized carbons (Fsp3) is 0.129. The Kier molecular flexibility index (Phi) is 26.7. The van der Waals surface area contributed by atoms with Crippen LogP contribution in [0.15, 0.2) is 473 Å². The molecule has 3 aliphatic carbocycles. The van der Waals surface area contributed by atoms with Gasteiger partial charge in [0.25, 0.3) is 0 Å². The van der Waals surface area contributed by atoms with Gasteiger partial charge in [0.1, 0.15) is 0 Å². The van der Waals surface area contributed by atoms with E-state index in [1.54, 1.807) is 11.1 Å². The number of benzene rings is 17. The van der Waals surface area contributed by atoms with E-state index in [9.17, 15) is 0 Å². The van der Waals surface area contributed by atoms with Gasteiger partial charge in [-0.15, -0.1) is 0 Å². The average Bonchev–Trinajstić information content (AvgIpc) is 1.59. The van der Waals surface area contributed by atoms with Crippen LogP contribution in [0, 0.1) is 0 Å². The molecule has 0 aliphatic heterocycles. The summed E-state index contributed by atoms with van der Waals surface area (Å²) in [6.07, 6.45) is 22.4. The highest BCUT2D eigenvalue weighted by atomic mass is 15.0. The molecule has 0 N–H and O–H groups in total. The van der Waals surface area contributed by atoms with Crippen LogP contribution in [-0.4, -0.2) is 38.6 Å². The number of rotatable bonds is 17. The van der Waals surface area contributed by atoms with Crippen molar-refractivity contribution in [3.8, 4) is 174 Å². The topological polar surface area (TPSA) is 79.2 Å². The van der Waals surface area contributed by atoms with Gasteiger partial charge in [-0.1, -0.05) is 433 Å². The van der Waals surface area contributed by atoms with Crippen molar-refractivity contribution in [1.82, 2.24) is 38.6 Å². The Labute approximate surface area is 861 Å². The van der Waals surface area contributed by atoms with Gasteiger partial charge in [0.15, 0.2) is 11.6 Å². The van der Waals surface area contributed by atoms with Crippen molar-refractivity contribution < 1.29 is 0 Å². The Morgan fingerprint density at radius 1 is 0.136 bits per heavy atom. The Balaban J connectivity index is 0.000000118. The molecule has 0 saturated heterocycles. The highest BCUT2D eigenvalue weighted by Gasteiger charge is 2.26. The van der Waals surface area contributed by atoms with Crippen LogP contribution in [-0.2, 0) is 38.5 Å². The summed E-state index contributed by atoms with van der Waals surface area (Å²) in [5.41, 5.74) is 45.1. The molecular formula is C139H114N8. The molecule has 147 heavy (non-hydrogen) atoms. The summed E-state index contributed by atoms with van der Waals surface area (Å²) in [4.78, 5) is 25.7. The van der Waals surface area contributed by atoms with Gasteiger partial charge in [0.2, 0.25) is 0 Å². The Morgan fingerprint density at radius 3 is 0.585 bits per heavy atom. The minimum Gasteiger partial charge on any atom is -0.313 e. The Bertz CT molecular complexity index is 7960. The molecule has 26 rings (SSSR count). The molecule has 0 bridgehead atoms. The Morgan fingerprint density at radius 2 is 0.320 bits per heavy atom. The number of nitrogens with zero attached hydrogens (tertiary/aromatic N) is 8. The zero-order chi connectivity index (χ0) is 98.0. The standard InChI is InChI=1S/C49H40N2.C48H39N3.C42H35N3/c1-2-10-19-48-44(17-9-1)45-18-11-12-20-49(45)51(48)43-31-29-39(30-32-43)42-33-46(40-25-21-37(22-26-40)35-13-5-3-6-14-35)50-47(34-42)41-27-23-38(24-28-41)36-15-7-4-8-16-36;1-2-10-19-46-42(17-9-1)43-18-11-12-20-47(43)51(46)41-31-29-39(30-32-41)45-33-44(38-25-21-36(22-26-38)34-13-5-3-6-14-34)49-48(50-45)40-27-23-37(24-28-40)35-15-7-4-8-16-35;1-2-10-19-40-36(17-9-1)37-18-11-12-20-41(37)45(40)35-27-25-33(26-28-35)39-29-38(43-42(44-39)34-15-7-4-8-16-34)32-23-21-31(22-24-32)30-13-5-3-6-14-30/h3-8,11-16,18,20-34H,1-2,9-10,17,19H2;3-8,11-16,18,20-33H,1-2,9-10,17,19H2;3-8,11-16,18,20-29H,1-2,9-10,17,19H2. The van der Waals surface area contributed by atoms with Gasteiger partial charge in [-0.3, -0.25) is 0 Å². The monoisotopic (exact) mass is 1890 g/mol. The van der Waals surface area contributed by atoms with Crippen LogP contribution in [0.4, 0.5) is 0 Å². The first-order valence-corrected chi connectivity index (χ1v) is 52.7. The molecule has 6 heterocycles. The number of hydrogen-bond donors (Lipinski definition) is 0. The molecule has 17 aromatic carbocycles. The smallest absolute Gasteiger partial charge is 0.160 e. The molecular weight excluding hydrogens is 1780 g/mol. The molecule has 0 radical (unpaired) electrons. The summed E-state index contributed by atoms with van der Waals surface area (Å²) in [6, 6.07) is 169. The van der Waals surface area contributed by atoms with E-state index in [0.717, 1.165) is 122 Å². The summed E-state index contributed by atoms with van der Waals surface area (Å²) in [7, 11) is 0. The van der Waals surface area contributed by atoms with Crippen molar-refractivity contribution in [1.29, 1.82) is 0 Å². The van der Waals surface area contributed by atoms with Gasteiger partial charge in [0, 0.05) is 94.8 Å². The van der Waals surface area contributed by atoms with E-state index < -0.39 is 0 Å². The lowest BCUT2D eigenvalue weighted by Crippen LogP contribution is -2.05. The van der Waals surface area contributed by atoms with Crippen LogP contribution in [0.5, 0.6) is 0 Å². The minimum atomic E-state index is 0.719. The van der Waals surface area contributed by atoms with Gasteiger partial charge < -0.3 is 13.7 Å². The van der Waals surface area contributed by atoms with Crippen LogP contribution >= 0.6 is 0 Å².